The molecule has 1 rings (SSSR count). The van der Waals surface area contributed by atoms with Crippen LogP contribution in [-0.4, -0.2) is 0 Å². The summed E-state index contributed by atoms with van der Waals surface area (Å²) in [6.45, 7) is 4.53. The highest BCUT2D eigenvalue weighted by atomic mass is 14.1. The van der Waals surface area contributed by atoms with Gasteiger partial charge in [-0.2, -0.15) is 0 Å². The number of unbranched alkanes of at least 4 members (excludes halogenated alkanes) is 3. The van der Waals surface area contributed by atoms with Crippen LogP contribution in [0.15, 0.2) is 23.3 Å². The third-order valence-corrected chi connectivity index (χ3v) is 2.82. The largest absolute Gasteiger partial charge is 0.0773 e. The molecular weight excluding hydrogens is 156 g/mol. The molecule has 0 fully saturated rings. The molecule has 1 aliphatic carbocycles. The van der Waals surface area contributed by atoms with Crippen molar-refractivity contribution in [2.75, 3.05) is 0 Å². The Labute approximate surface area is 82.7 Å². The van der Waals surface area contributed by atoms with Gasteiger partial charge in [0.1, 0.15) is 0 Å². The molecule has 0 N–H and O–H groups in total. The topological polar surface area (TPSA) is 0 Å². The van der Waals surface area contributed by atoms with Crippen LogP contribution in [0.1, 0.15) is 58.8 Å². The van der Waals surface area contributed by atoms with Crippen LogP contribution in [0, 0.1) is 0 Å². The second-order valence-corrected chi connectivity index (χ2v) is 3.86. The summed E-state index contributed by atoms with van der Waals surface area (Å²) in [5.74, 6) is 0. The zero-order valence-electron chi connectivity index (χ0n) is 9.10. The summed E-state index contributed by atoms with van der Waals surface area (Å²) in [4.78, 5) is 0. The lowest BCUT2D eigenvalue weighted by atomic mass is 10.0. The maximum Gasteiger partial charge on any atom is -0.0157 e. The quantitative estimate of drug-likeness (QED) is 0.520. The summed E-state index contributed by atoms with van der Waals surface area (Å²) >= 11 is 0. The minimum Gasteiger partial charge on any atom is -0.0773 e. The molecule has 0 aromatic rings. The summed E-state index contributed by atoms with van der Waals surface area (Å²) < 4.78 is 0. The molecule has 0 nitrogen and oxygen atoms in total. The molecule has 0 radical (unpaired) electrons. The van der Waals surface area contributed by atoms with Gasteiger partial charge < -0.3 is 0 Å². The van der Waals surface area contributed by atoms with Crippen LogP contribution < -0.4 is 0 Å². The van der Waals surface area contributed by atoms with Crippen molar-refractivity contribution in [3.63, 3.8) is 0 Å². The lowest BCUT2D eigenvalue weighted by Gasteiger charge is -2.05. The van der Waals surface area contributed by atoms with Gasteiger partial charge in [-0.3, -0.25) is 0 Å². The third-order valence-electron chi connectivity index (χ3n) is 2.82. The van der Waals surface area contributed by atoms with Gasteiger partial charge in [-0.25, -0.2) is 0 Å². The fourth-order valence-electron chi connectivity index (χ4n) is 1.98. The molecule has 1 aliphatic rings. The van der Waals surface area contributed by atoms with E-state index < -0.39 is 0 Å². The van der Waals surface area contributed by atoms with Crippen LogP contribution in [0.5, 0.6) is 0 Å². The van der Waals surface area contributed by atoms with E-state index in [1.54, 1.807) is 11.1 Å². The molecule has 0 bridgehead atoms. The molecule has 0 aromatic heterocycles. The van der Waals surface area contributed by atoms with Gasteiger partial charge in [0.15, 0.2) is 0 Å². The van der Waals surface area contributed by atoms with Crippen LogP contribution in [-0.2, 0) is 0 Å². The van der Waals surface area contributed by atoms with Gasteiger partial charge in [0.05, 0.1) is 0 Å². The van der Waals surface area contributed by atoms with Crippen molar-refractivity contribution >= 4 is 0 Å². The normalized spacial score (nSPS) is 15.8. The maximum atomic E-state index is 2.41. The molecule has 13 heavy (non-hydrogen) atoms. The van der Waals surface area contributed by atoms with Crippen molar-refractivity contribution in [1.29, 1.82) is 0 Å². The molecule has 0 amide bonds. The molecule has 74 valence electrons. The van der Waals surface area contributed by atoms with Crippen molar-refractivity contribution in [3.05, 3.63) is 23.3 Å². The van der Waals surface area contributed by atoms with Gasteiger partial charge in [-0.1, -0.05) is 45.3 Å². The Morgan fingerprint density at radius 1 is 1.00 bits per heavy atom. The van der Waals surface area contributed by atoms with Crippen molar-refractivity contribution in [3.8, 4) is 0 Å². The Morgan fingerprint density at radius 3 is 2.46 bits per heavy atom. The Bertz CT molecular complexity index is 196. The summed E-state index contributed by atoms with van der Waals surface area (Å²) in [6, 6.07) is 0. The second kappa shape index (κ2) is 6.01. The van der Waals surface area contributed by atoms with E-state index in [-0.39, 0.29) is 0 Å². The standard InChI is InChI=1S/C13H22/c1-3-5-6-7-9-13-11-8-10-12(13)4-2/h10-11H,3-9H2,1-2H3. The Morgan fingerprint density at radius 2 is 1.77 bits per heavy atom. The molecule has 0 spiro atoms. The van der Waals surface area contributed by atoms with Gasteiger partial charge in [0, 0.05) is 0 Å². The van der Waals surface area contributed by atoms with Crippen LogP contribution in [0.3, 0.4) is 0 Å². The maximum absolute atomic E-state index is 2.41. The smallest absolute Gasteiger partial charge is 0.0157 e. The van der Waals surface area contributed by atoms with E-state index in [1.165, 1.54) is 44.9 Å². The van der Waals surface area contributed by atoms with E-state index in [0.717, 1.165) is 0 Å². The van der Waals surface area contributed by atoms with E-state index in [4.69, 9.17) is 0 Å². The summed E-state index contributed by atoms with van der Waals surface area (Å²) in [7, 11) is 0. The average Bonchev–Trinajstić information content (AvgIpc) is 2.60. The molecule has 0 atom stereocenters. The lowest BCUT2D eigenvalue weighted by molar-refractivity contribution is 0.665. The third kappa shape index (κ3) is 3.38. The SMILES string of the molecule is CCCCCCC1=CCC=C1CC. The predicted molar refractivity (Wildman–Crippen MR) is 59.8 cm³/mol. The first-order valence-electron chi connectivity index (χ1n) is 5.77. The minimum absolute atomic E-state index is 1.19. The van der Waals surface area contributed by atoms with Crippen LogP contribution in [0.25, 0.3) is 0 Å². The fourth-order valence-corrected chi connectivity index (χ4v) is 1.98. The van der Waals surface area contributed by atoms with Crippen molar-refractivity contribution in [1.82, 2.24) is 0 Å². The highest BCUT2D eigenvalue weighted by molar-refractivity contribution is 5.36. The zero-order valence-corrected chi connectivity index (χ0v) is 9.10. The number of hydrogen-bond acceptors (Lipinski definition) is 0. The zero-order chi connectivity index (χ0) is 9.52. The lowest BCUT2D eigenvalue weighted by Crippen LogP contribution is -1.86. The number of rotatable bonds is 6. The number of allylic oxidation sites excluding steroid dienone is 4. The van der Waals surface area contributed by atoms with Crippen molar-refractivity contribution < 1.29 is 0 Å². The highest BCUT2D eigenvalue weighted by Gasteiger charge is 2.06. The van der Waals surface area contributed by atoms with E-state index in [9.17, 15) is 0 Å². The van der Waals surface area contributed by atoms with Crippen molar-refractivity contribution in [2.45, 2.75) is 58.8 Å². The molecule has 0 aliphatic heterocycles. The van der Waals surface area contributed by atoms with Gasteiger partial charge in [-0.15, -0.1) is 0 Å². The van der Waals surface area contributed by atoms with E-state index in [1.807, 2.05) is 0 Å². The number of hydrogen-bond donors (Lipinski definition) is 0. The fraction of sp³-hybridized carbons (Fsp3) is 0.692. The van der Waals surface area contributed by atoms with Crippen LogP contribution >= 0.6 is 0 Å². The molecule has 0 saturated carbocycles. The van der Waals surface area contributed by atoms with E-state index in [2.05, 4.69) is 26.0 Å². The Kier molecular flexibility index (Phi) is 4.88. The molecular formula is C13H22. The van der Waals surface area contributed by atoms with Crippen LogP contribution in [0.2, 0.25) is 0 Å². The monoisotopic (exact) mass is 178 g/mol. The van der Waals surface area contributed by atoms with Gasteiger partial charge in [-0.05, 0) is 36.8 Å². The van der Waals surface area contributed by atoms with E-state index in [0.29, 0.717) is 0 Å². The first-order chi connectivity index (χ1) is 6.38. The summed E-state index contributed by atoms with van der Waals surface area (Å²) in [6.07, 6.45) is 14.1. The second-order valence-electron chi connectivity index (χ2n) is 3.86. The summed E-state index contributed by atoms with van der Waals surface area (Å²) in [5.41, 5.74) is 3.25. The molecule has 0 saturated heterocycles. The minimum atomic E-state index is 1.19. The van der Waals surface area contributed by atoms with Crippen LogP contribution in [0.4, 0.5) is 0 Å². The average molecular weight is 178 g/mol. The van der Waals surface area contributed by atoms with Gasteiger partial charge in [0.25, 0.3) is 0 Å². The molecule has 0 unspecified atom stereocenters. The van der Waals surface area contributed by atoms with Gasteiger partial charge >= 0.3 is 0 Å². The Balaban J connectivity index is 2.18. The van der Waals surface area contributed by atoms with Crippen molar-refractivity contribution in [2.24, 2.45) is 0 Å². The summed E-state index contributed by atoms with van der Waals surface area (Å²) in [5, 5.41) is 0. The highest BCUT2D eigenvalue weighted by Crippen LogP contribution is 2.26. The molecule has 0 heteroatoms. The van der Waals surface area contributed by atoms with E-state index >= 15 is 0 Å². The predicted octanol–water partition coefficient (Wildman–Crippen LogP) is 4.62. The molecule has 0 aromatic carbocycles. The first-order valence-corrected chi connectivity index (χ1v) is 5.77. The molecule has 0 heterocycles. The van der Waals surface area contributed by atoms with Gasteiger partial charge in [0.2, 0.25) is 0 Å². The Hall–Kier alpha value is -0.520. The first kappa shape index (κ1) is 10.6.